The van der Waals surface area contributed by atoms with Crippen LogP contribution in [0.5, 0.6) is 5.75 Å². The van der Waals surface area contributed by atoms with Gasteiger partial charge < -0.3 is 4.74 Å². The van der Waals surface area contributed by atoms with Crippen LogP contribution in [0.1, 0.15) is 5.56 Å². The van der Waals surface area contributed by atoms with Crippen LogP contribution in [0.15, 0.2) is 60.8 Å². The third kappa shape index (κ3) is 5.18. The second kappa shape index (κ2) is 7.73. The third-order valence-corrected chi connectivity index (χ3v) is 3.42. The van der Waals surface area contributed by atoms with Gasteiger partial charge >= 0.3 is 6.36 Å². The molecule has 0 fully saturated rings. The number of benzene rings is 2. The van der Waals surface area contributed by atoms with E-state index in [-0.39, 0.29) is 5.75 Å². The van der Waals surface area contributed by atoms with E-state index in [1.54, 1.807) is 6.20 Å². The minimum atomic E-state index is -4.74. The lowest BCUT2D eigenvalue weighted by Crippen LogP contribution is -2.28. The predicted molar refractivity (Wildman–Crippen MR) is 93.5 cm³/mol. The number of carbonyl (C=O) groups is 1. The lowest BCUT2D eigenvalue weighted by Gasteiger charge is -2.08. The molecule has 1 aromatic heterocycles. The second-order valence-electron chi connectivity index (χ2n) is 5.34. The van der Waals surface area contributed by atoms with Crippen molar-refractivity contribution in [3.05, 3.63) is 66.4 Å². The van der Waals surface area contributed by atoms with Crippen molar-refractivity contribution in [2.75, 3.05) is 5.43 Å². The first-order valence-electron chi connectivity index (χ1n) is 7.71. The summed E-state index contributed by atoms with van der Waals surface area (Å²) in [6.45, 7) is 0. The van der Waals surface area contributed by atoms with E-state index in [1.165, 1.54) is 24.3 Å². The van der Waals surface area contributed by atoms with Gasteiger partial charge in [-0.2, -0.15) is 5.10 Å². The summed E-state index contributed by atoms with van der Waals surface area (Å²) in [6.07, 6.45) is -0.462. The molecule has 0 aliphatic rings. The van der Waals surface area contributed by atoms with Gasteiger partial charge in [0.1, 0.15) is 5.75 Å². The number of anilines is 1. The molecule has 0 spiro atoms. The van der Waals surface area contributed by atoms with Crippen LogP contribution in [-0.4, -0.2) is 22.5 Å². The summed E-state index contributed by atoms with van der Waals surface area (Å²) in [7, 11) is 0. The normalized spacial score (nSPS) is 11.5. The fraction of sp³-hybridized carbons (Fsp3) is 0.0556. The Bertz CT molecular complexity index is 967. The molecule has 0 aliphatic heterocycles. The van der Waals surface area contributed by atoms with Crippen molar-refractivity contribution >= 4 is 28.6 Å². The maximum Gasteiger partial charge on any atom is 0.573 e. The number of ether oxygens (including phenoxy) is 1. The van der Waals surface area contributed by atoms with Gasteiger partial charge in [0.05, 0.1) is 6.20 Å². The first-order chi connectivity index (χ1) is 12.9. The molecule has 0 saturated heterocycles. The molecule has 0 unspecified atom stereocenters. The summed E-state index contributed by atoms with van der Waals surface area (Å²) in [5.41, 5.74) is 5.67. The highest BCUT2D eigenvalue weighted by molar-refractivity contribution is 5.95. The van der Waals surface area contributed by atoms with Crippen molar-refractivity contribution in [3.63, 3.8) is 0 Å². The predicted octanol–water partition coefficient (Wildman–Crippen LogP) is 3.68. The summed E-state index contributed by atoms with van der Waals surface area (Å²) < 4.78 is 40.1. The molecule has 1 heterocycles. The van der Waals surface area contributed by atoms with E-state index in [1.807, 2.05) is 24.3 Å². The molecule has 3 rings (SSSR count). The van der Waals surface area contributed by atoms with Gasteiger partial charge in [-0.05, 0) is 23.8 Å². The van der Waals surface area contributed by atoms with E-state index >= 15 is 0 Å². The van der Waals surface area contributed by atoms with E-state index in [0.29, 0.717) is 11.4 Å². The van der Waals surface area contributed by atoms with Crippen molar-refractivity contribution in [1.29, 1.82) is 0 Å². The first kappa shape index (κ1) is 18.2. The van der Waals surface area contributed by atoms with Crippen LogP contribution in [0.4, 0.5) is 19.0 Å². The molecule has 0 bridgehead atoms. The Labute approximate surface area is 151 Å². The molecule has 138 valence electrons. The van der Waals surface area contributed by atoms with Crippen molar-refractivity contribution in [1.82, 2.24) is 15.6 Å². The Hall–Kier alpha value is -3.62. The SMILES string of the molecule is O=C(/C=C/c1ccc(OC(F)(F)F)cc1)NNc1nncc2ccccc12. The van der Waals surface area contributed by atoms with E-state index in [9.17, 15) is 18.0 Å². The zero-order chi connectivity index (χ0) is 19.3. The number of hydrazine groups is 1. The van der Waals surface area contributed by atoms with Crippen LogP contribution in [0.25, 0.3) is 16.8 Å². The molecule has 6 nitrogen and oxygen atoms in total. The number of aromatic nitrogens is 2. The van der Waals surface area contributed by atoms with Crippen molar-refractivity contribution in [2.24, 2.45) is 0 Å². The van der Waals surface area contributed by atoms with Gasteiger partial charge in [0.2, 0.25) is 0 Å². The minimum Gasteiger partial charge on any atom is -0.406 e. The van der Waals surface area contributed by atoms with Crippen LogP contribution in [0, 0.1) is 0 Å². The smallest absolute Gasteiger partial charge is 0.406 e. The minimum absolute atomic E-state index is 0.333. The molecule has 2 aromatic carbocycles. The van der Waals surface area contributed by atoms with Crippen molar-refractivity contribution in [3.8, 4) is 5.75 Å². The van der Waals surface area contributed by atoms with Gasteiger partial charge in [-0.3, -0.25) is 15.6 Å². The number of amides is 1. The Morgan fingerprint density at radius 1 is 1.07 bits per heavy atom. The molecule has 3 aromatic rings. The molecule has 0 aliphatic carbocycles. The molecular formula is C18H13F3N4O2. The molecule has 0 radical (unpaired) electrons. The number of halogens is 3. The molecule has 1 amide bonds. The van der Waals surface area contributed by atoms with Gasteiger partial charge in [-0.15, -0.1) is 18.3 Å². The third-order valence-electron chi connectivity index (χ3n) is 3.42. The number of alkyl halides is 3. The maximum atomic E-state index is 12.1. The average molecular weight is 374 g/mol. The summed E-state index contributed by atoms with van der Waals surface area (Å²) in [6, 6.07) is 12.5. The van der Waals surface area contributed by atoms with Crippen LogP contribution in [0.2, 0.25) is 0 Å². The molecular weight excluding hydrogens is 361 g/mol. The Morgan fingerprint density at radius 2 is 1.81 bits per heavy atom. The Morgan fingerprint density at radius 3 is 2.56 bits per heavy atom. The van der Waals surface area contributed by atoms with E-state index in [4.69, 9.17) is 0 Å². The second-order valence-corrected chi connectivity index (χ2v) is 5.34. The van der Waals surface area contributed by atoms with Crippen LogP contribution < -0.4 is 15.6 Å². The van der Waals surface area contributed by atoms with Gasteiger partial charge in [-0.25, -0.2) is 0 Å². The van der Waals surface area contributed by atoms with Crippen LogP contribution in [0.3, 0.4) is 0 Å². The first-order valence-corrected chi connectivity index (χ1v) is 7.71. The van der Waals surface area contributed by atoms with Gasteiger partial charge in [-0.1, -0.05) is 36.4 Å². The standard InChI is InChI=1S/C18H13F3N4O2/c19-18(20,21)27-14-8-5-12(6-9-14)7-10-16(26)23-25-17-15-4-2-1-3-13(15)11-22-24-17/h1-11H,(H,23,26)(H,24,25)/b10-7+. The fourth-order valence-corrected chi connectivity index (χ4v) is 2.24. The molecule has 0 saturated carbocycles. The summed E-state index contributed by atoms with van der Waals surface area (Å²) >= 11 is 0. The van der Waals surface area contributed by atoms with E-state index < -0.39 is 12.3 Å². The summed E-state index contributed by atoms with van der Waals surface area (Å²) in [4.78, 5) is 11.9. The van der Waals surface area contributed by atoms with Gasteiger partial charge in [0, 0.05) is 16.8 Å². The maximum absolute atomic E-state index is 12.1. The van der Waals surface area contributed by atoms with Crippen LogP contribution in [-0.2, 0) is 4.79 Å². The molecule has 9 heteroatoms. The highest BCUT2D eigenvalue weighted by Crippen LogP contribution is 2.23. The monoisotopic (exact) mass is 374 g/mol. The number of carbonyl (C=O) groups excluding carboxylic acids is 1. The zero-order valence-electron chi connectivity index (χ0n) is 13.7. The van der Waals surface area contributed by atoms with Crippen molar-refractivity contribution < 1.29 is 22.7 Å². The van der Waals surface area contributed by atoms with E-state index in [0.717, 1.165) is 22.9 Å². The average Bonchev–Trinajstić information content (AvgIpc) is 2.64. The highest BCUT2D eigenvalue weighted by atomic mass is 19.4. The molecule has 0 atom stereocenters. The van der Waals surface area contributed by atoms with Gasteiger partial charge in [0.15, 0.2) is 5.82 Å². The summed E-state index contributed by atoms with van der Waals surface area (Å²) in [5.74, 6) is -0.413. The largest absolute Gasteiger partial charge is 0.573 e. The van der Waals surface area contributed by atoms with Crippen molar-refractivity contribution in [2.45, 2.75) is 6.36 Å². The number of hydrogen-bond acceptors (Lipinski definition) is 5. The van der Waals surface area contributed by atoms with Gasteiger partial charge in [0.25, 0.3) is 5.91 Å². The fourth-order valence-electron chi connectivity index (χ4n) is 2.24. The molecule has 27 heavy (non-hydrogen) atoms. The lowest BCUT2D eigenvalue weighted by molar-refractivity contribution is -0.274. The van der Waals surface area contributed by atoms with E-state index in [2.05, 4.69) is 25.8 Å². The Balaban J connectivity index is 1.59. The quantitative estimate of drug-likeness (QED) is 0.526. The number of nitrogens with one attached hydrogen (secondary N) is 2. The number of rotatable bonds is 5. The number of fused-ring (bicyclic) bond motifs is 1. The Kier molecular flexibility index (Phi) is 5.20. The lowest BCUT2D eigenvalue weighted by atomic mass is 10.2. The summed E-state index contributed by atoms with van der Waals surface area (Å²) in [5, 5.41) is 9.43. The number of hydrogen-bond donors (Lipinski definition) is 2. The molecule has 2 N–H and O–H groups in total. The van der Waals surface area contributed by atoms with Crippen LogP contribution >= 0.6 is 0 Å². The number of nitrogens with zero attached hydrogens (tertiary/aromatic N) is 2. The zero-order valence-corrected chi connectivity index (χ0v) is 13.7. The highest BCUT2D eigenvalue weighted by Gasteiger charge is 2.30. The topological polar surface area (TPSA) is 76.1 Å².